The number of aliphatic imine (C=N–C) groups is 1. The number of hydrogen-bond acceptors (Lipinski definition) is 3. The molecule has 1 aromatic rings. The number of para-hydroxylation sites is 1. The number of aliphatic hydroxyl groups is 1. The Morgan fingerprint density at radius 3 is 2.31 bits per heavy atom. The number of anilines is 1. The molecule has 3 N–H and O–H groups in total. The van der Waals surface area contributed by atoms with Crippen LogP contribution in [0.5, 0.6) is 0 Å². The third kappa shape index (κ3) is 6.95. The van der Waals surface area contributed by atoms with Crippen molar-refractivity contribution < 1.29 is 5.11 Å². The Morgan fingerprint density at radius 2 is 1.77 bits per heavy atom. The third-order valence-corrected chi connectivity index (χ3v) is 5.15. The van der Waals surface area contributed by atoms with Crippen LogP contribution in [0.25, 0.3) is 0 Å². The maximum absolute atomic E-state index is 10.4. The first kappa shape index (κ1) is 23.0. The molecule has 5 nitrogen and oxygen atoms in total. The predicted molar refractivity (Wildman–Crippen MR) is 122 cm³/mol. The predicted octanol–water partition coefficient (Wildman–Crippen LogP) is 3.38. The molecule has 0 aromatic heterocycles. The summed E-state index contributed by atoms with van der Waals surface area (Å²) >= 11 is 0. The highest BCUT2D eigenvalue weighted by Gasteiger charge is 2.23. The second-order valence-corrected chi connectivity index (χ2v) is 6.87. The van der Waals surface area contributed by atoms with Crippen LogP contribution in [0.15, 0.2) is 35.3 Å². The molecule has 0 unspecified atom stereocenters. The topological polar surface area (TPSA) is 59.9 Å². The van der Waals surface area contributed by atoms with Gasteiger partial charge in [0.2, 0.25) is 0 Å². The molecule has 1 aromatic carbocycles. The van der Waals surface area contributed by atoms with Crippen molar-refractivity contribution in [3.05, 3.63) is 30.3 Å². The van der Waals surface area contributed by atoms with Gasteiger partial charge in [-0.05, 0) is 44.7 Å². The van der Waals surface area contributed by atoms with Gasteiger partial charge in [-0.3, -0.25) is 4.99 Å². The number of nitrogens with zero attached hydrogens (tertiary/aromatic N) is 2. The van der Waals surface area contributed by atoms with Gasteiger partial charge in [0.1, 0.15) is 0 Å². The lowest BCUT2D eigenvalue weighted by molar-refractivity contribution is 0.0417. The molecule has 1 heterocycles. The maximum atomic E-state index is 10.4. The lowest BCUT2D eigenvalue weighted by Gasteiger charge is -2.34. The molecule has 0 amide bonds. The van der Waals surface area contributed by atoms with Crippen molar-refractivity contribution in [1.82, 2.24) is 10.6 Å². The molecule has 0 spiro atoms. The molecule has 0 saturated carbocycles. The Morgan fingerprint density at radius 1 is 1.15 bits per heavy atom. The van der Waals surface area contributed by atoms with Crippen molar-refractivity contribution in [3.8, 4) is 0 Å². The van der Waals surface area contributed by atoms with E-state index in [1.54, 1.807) is 0 Å². The largest absolute Gasteiger partial charge is 0.388 e. The molecular weight excluding hydrogens is 439 g/mol. The molecule has 26 heavy (non-hydrogen) atoms. The molecule has 2 rings (SSSR count). The van der Waals surface area contributed by atoms with E-state index in [0.29, 0.717) is 12.6 Å². The zero-order chi connectivity index (χ0) is 18.1. The molecule has 1 aliphatic rings. The summed E-state index contributed by atoms with van der Waals surface area (Å²) in [6, 6.07) is 11.0. The van der Waals surface area contributed by atoms with Crippen LogP contribution in [0.4, 0.5) is 5.69 Å². The van der Waals surface area contributed by atoms with Crippen molar-refractivity contribution >= 4 is 35.6 Å². The van der Waals surface area contributed by atoms with Gasteiger partial charge >= 0.3 is 0 Å². The Kier molecular flexibility index (Phi) is 10.3. The van der Waals surface area contributed by atoms with Crippen molar-refractivity contribution in [2.45, 2.75) is 58.1 Å². The first-order valence-electron chi connectivity index (χ1n) is 9.67. The monoisotopic (exact) mass is 474 g/mol. The molecule has 0 radical (unpaired) electrons. The van der Waals surface area contributed by atoms with Crippen molar-refractivity contribution in [3.63, 3.8) is 0 Å². The van der Waals surface area contributed by atoms with Gasteiger partial charge in [-0.15, -0.1) is 24.0 Å². The fraction of sp³-hybridized carbons (Fsp3) is 0.650. The van der Waals surface area contributed by atoms with Crippen molar-refractivity contribution in [1.29, 1.82) is 0 Å². The second-order valence-electron chi connectivity index (χ2n) is 6.87. The van der Waals surface area contributed by atoms with Crippen LogP contribution < -0.4 is 15.5 Å². The van der Waals surface area contributed by atoms with Gasteiger partial charge in [-0.2, -0.15) is 0 Å². The van der Waals surface area contributed by atoms with Gasteiger partial charge in [-0.25, -0.2) is 0 Å². The fourth-order valence-corrected chi connectivity index (χ4v) is 3.13. The first-order chi connectivity index (χ1) is 12.1. The van der Waals surface area contributed by atoms with Crippen LogP contribution in [-0.4, -0.2) is 48.9 Å². The van der Waals surface area contributed by atoms with E-state index in [4.69, 9.17) is 0 Å². The molecule has 0 atom stereocenters. The average Bonchev–Trinajstić information content (AvgIpc) is 2.67. The molecule has 0 bridgehead atoms. The summed E-state index contributed by atoms with van der Waals surface area (Å²) in [7, 11) is 0. The van der Waals surface area contributed by atoms with Crippen LogP contribution in [0, 0.1) is 0 Å². The van der Waals surface area contributed by atoms with Crippen LogP contribution in [-0.2, 0) is 0 Å². The van der Waals surface area contributed by atoms with Crippen LogP contribution >= 0.6 is 24.0 Å². The van der Waals surface area contributed by atoms with Gasteiger partial charge in [-0.1, -0.05) is 32.0 Å². The summed E-state index contributed by atoms with van der Waals surface area (Å²) in [6.07, 6.45) is 3.63. The summed E-state index contributed by atoms with van der Waals surface area (Å²) in [5.41, 5.74) is 0.608. The number of benzene rings is 1. The van der Waals surface area contributed by atoms with Crippen LogP contribution in [0.1, 0.15) is 46.5 Å². The van der Waals surface area contributed by atoms with Gasteiger partial charge < -0.3 is 20.6 Å². The van der Waals surface area contributed by atoms with E-state index in [0.717, 1.165) is 51.3 Å². The zero-order valence-electron chi connectivity index (χ0n) is 16.4. The third-order valence-electron chi connectivity index (χ3n) is 5.15. The van der Waals surface area contributed by atoms with Gasteiger partial charge in [0.05, 0.1) is 12.1 Å². The number of piperidine rings is 1. The number of halogens is 1. The summed E-state index contributed by atoms with van der Waals surface area (Å²) in [6.45, 7) is 9.46. The molecule has 1 aliphatic heterocycles. The summed E-state index contributed by atoms with van der Waals surface area (Å²) in [5.74, 6) is 0.820. The Balaban J connectivity index is 0.00000338. The van der Waals surface area contributed by atoms with E-state index in [-0.39, 0.29) is 24.0 Å². The van der Waals surface area contributed by atoms with Crippen LogP contribution in [0.3, 0.4) is 0 Å². The molecular formula is C20H35IN4O. The molecule has 0 aliphatic carbocycles. The smallest absolute Gasteiger partial charge is 0.191 e. The van der Waals surface area contributed by atoms with Crippen molar-refractivity contribution in [2.75, 3.05) is 31.1 Å². The Bertz CT molecular complexity index is 526. The summed E-state index contributed by atoms with van der Waals surface area (Å²) < 4.78 is 0. The van der Waals surface area contributed by atoms with E-state index in [2.05, 4.69) is 57.8 Å². The SMILES string of the molecule is CCNC(=NCC(O)(CC)CC)NC1CCN(c2ccccc2)CC1.I. The Hall–Kier alpha value is -1.02. The van der Waals surface area contributed by atoms with Gasteiger partial charge in [0, 0.05) is 31.4 Å². The highest BCUT2D eigenvalue weighted by molar-refractivity contribution is 14.0. The van der Waals surface area contributed by atoms with Gasteiger partial charge in [0.25, 0.3) is 0 Å². The minimum absolute atomic E-state index is 0. The lowest BCUT2D eigenvalue weighted by atomic mass is 9.98. The summed E-state index contributed by atoms with van der Waals surface area (Å²) in [5, 5.41) is 17.3. The lowest BCUT2D eigenvalue weighted by Crippen LogP contribution is -2.49. The minimum atomic E-state index is -0.695. The van der Waals surface area contributed by atoms with Crippen LogP contribution in [0.2, 0.25) is 0 Å². The van der Waals surface area contributed by atoms with Crippen molar-refractivity contribution in [2.24, 2.45) is 4.99 Å². The zero-order valence-corrected chi connectivity index (χ0v) is 18.7. The first-order valence-corrected chi connectivity index (χ1v) is 9.67. The van der Waals surface area contributed by atoms with E-state index in [9.17, 15) is 5.11 Å². The molecule has 1 fully saturated rings. The molecule has 6 heteroatoms. The second kappa shape index (κ2) is 11.6. The normalized spacial score (nSPS) is 16.2. The highest BCUT2D eigenvalue weighted by Crippen LogP contribution is 2.19. The molecule has 148 valence electrons. The minimum Gasteiger partial charge on any atom is -0.388 e. The van der Waals surface area contributed by atoms with Gasteiger partial charge in [0.15, 0.2) is 5.96 Å². The standard InChI is InChI=1S/C20H34N4O.HI/c1-4-20(25,5-2)16-22-19(21-6-3)23-17-12-14-24(15-13-17)18-10-8-7-9-11-18;/h7-11,17,25H,4-6,12-16H2,1-3H3,(H2,21,22,23);1H. The fourth-order valence-electron chi connectivity index (χ4n) is 3.13. The highest BCUT2D eigenvalue weighted by atomic mass is 127. The average molecular weight is 474 g/mol. The number of nitrogens with one attached hydrogen (secondary N) is 2. The van der Waals surface area contributed by atoms with E-state index < -0.39 is 5.60 Å². The summed E-state index contributed by atoms with van der Waals surface area (Å²) in [4.78, 5) is 7.07. The quantitative estimate of drug-likeness (QED) is 0.322. The number of rotatable bonds is 7. The van der Waals surface area contributed by atoms with E-state index >= 15 is 0 Å². The number of hydrogen-bond donors (Lipinski definition) is 3. The number of guanidine groups is 1. The van der Waals surface area contributed by atoms with E-state index in [1.807, 2.05) is 13.8 Å². The maximum Gasteiger partial charge on any atom is 0.191 e. The van der Waals surface area contributed by atoms with E-state index in [1.165, 1.54) is 5.69 Å². The molecule has 1 saturated heterocycles. The Labute approximate surface area is 175 Å².